The van der Waals surface area contributed by atoms with E-state index in [1.807, 2.05) is 0 Å². The van der Waals surface area contributed by atoms with Gasteiger partial charge in [0.1, 0.15) is 12.7 Å². The lowest BCUT2D eigenvalue weighted by atomic mass is 10.0. The summed E-state index contributed by atoms with van der Waals surface area (Å²) in [6, 6.07) is 0. The van der Waals surface area contributed by atoms with Crippen molar-refractivity contribution in [3.8, 4) is 0 Å². The van der Waals surface area contributed by atoms with Crippen LogP contribution in [0.5, 0.6) is 0 Å². The second kappa shape index (κ2) is 20.9. The van der Waals surface area contributed by atoms with Gasteiger partial charge in [0, 0.05) is 7.11 Å². The summed E-state index contributed by atoms with van der Waals surface area (Å²) < 4.78 is 4.97. The van der Waals surface area contributed by atoms with Crippen LogP contribution in [0.4, 0.5) is 0 Å². The second-order valence-corrected chi connectivity index (χ2v) is 6.74. The molecule has 0 aliphatic heterocycles. The summed E-state index contributed by atoms with van der Waals surface area (Å²) >= 11 is 0. The largest absolute Gasteiger partial charge is 0.394 e. The SMILES string of the molecule is CCCCCCCCCCCCCCCCOOC[C@H](CO)OC. The van der Waals surface area contributed by atoms with Crippen molar-refractivity contribution < 1.29 is 19.6 Å². The first-order valence-electron chi connectivity index (χ1n) is 10.2. The normalized spacial score (nSPS) is 12.6. The summed E-state index contributed by atoms with van der Waals surface area (Å²) in [5.41, 5.74) is 0. The Hall–Kier alpha value is -0.160. The van der Waals surface area contributed by atoms with Crippen LogP contribution >= 0.6 is 0 Å². The minimum absolute atomic E-state index is 0.0429. The Morgan fingerprint density at radius 1 is 0.667 bits per heavy atom. The highest BCUT2D eigenvalue weighted by Gasteiger charge is 2.05. The molecule has 0 amide bonds. The van der Waals surface area contributed by atoms with Crippen LogP contribution in [-0.2, 0) is 14.5 Å². The summed E-state index contributed by atoms with van der Waals surface area (Å²) in [5, 5.41) is 8.90. The van der Waals surface area contributed by atoms with E-state index in [9.17, 15) is 0 Å². The first kappa shape index (κ1) is 23.8. The molecular formula is C20H42O4. The summed E-state index contributed by atoms with van der Waals surface area (Å²) in [6.45, 7) is 3.14. The number of unbranched alkanes of at least 4 members (excludes halogenated alkanes) is 13. The van der Waals surface area contributed by atoms with Gasteiger partial charge in [-0.05, 0) is 6.42 Å². The Bertz CT molecular complexity index is 220. The van der Waals surface area contributed by atoms with Gasteiger partial charge < -0.3 is 9.84 Å². The second-order valence-electron chi connectivity index (χ2n) is 6.74. The van der Waals surface area contributed by atoms with Crippen LogP contribution in [-0.4, -0.2) is 38.1 Å². The van der Waals surface area contributed by atoms with Gasteiger partial charge in [0.25, 0.3) is 0 Å². The minimum Gasteiger partial charge on any atom is -0.394 e. The average Bonchev–Trinajstić information content (AvgIpc) is 2.61. The van der Waals surface area contributed by atoms with E-state index in [0.717, 1.165) is 6.42 Å². The van der Waals surface area contributed by atoms with Crippen LogP contribution in [0, 0.1) is 0 Å². The molecule has 0 rings (SSSR count). The lowest BCUT2D eigenvalue weighted by Gasteiger charge is -2.11. The molecule has 0 heterocycles. The maximum absolute atomic E-state index is 8.90. The van der Waals surface area contributed by atoms with E-state index in [-0.39, 0.29) is 19.3 Å². The molecule has 0 aromatic carbocycles. The minimum atomic E-state index is -0.290. The van der Waals surface area contributed by atoms with Crippen LogP contribution in [0.15, 0.2) is 0 Å². The van der Waals surface area contributed by atoms with Crippen LogP contribution < -0.4 is 0 Å². The Labute approximate surface area is 150 Å². The van der Waals surface area contributed by atoms with E-state index in [1.165, 1.54) is 83.5 Å². The molecule has 0 aromatic heterocycles. The van der Waals surface area contributed by atoms with E-state index in [2.05, 4.69) is 6.92 Å². The van der Waals surface area contributed by atoms with Crippen LogP contribution in [0.3, 0.4) is 0 Å². The Balaban J connectivity index is 3.03. The van der Waals surface area contributed by atoms with Crippen molar-refractivity contribution in [1.82, 2.24) is 0 Å². The highest BCUT2D eigenvalue weighted by atomic mass is 17.2. The Kier molecular flexibility index (Phi) is 20.7. The van der Waals surface area contributed by atoms with Gasteiger partial charge in [-0.3, -0.25) is 0 Å². The van der Waals surface area contributed by atoms with E-state index in [0.29, 0.717) is 6.61 Å². The third kappa shape index (κ3) is 18.2. The number of hydrogen-bond acceptors (Lipinski definition) is 4. The van der Waals surface area contributed by atoms with Crippen molar-refractivity contribution in [3.05, 3.63) is 0 Å². The zero-order valence-corrected chi connectivity index (χ0v) is 16.3. The van der Waals surface area contributed by atoms with Crippen molar-refractivity contribution in [1.29, 1.82) is 0 Å². The summed E-state index contributed by atoms with van der Waals surface area (Å²) in [4.78, 5) is 10.1. The fourth-order valence-electron chi connectivity index (χ4n) is 2.73. The van der Waals surface area contributed by atoms with Crippen LogP contribution in [0.1, 0.15) is 96.8 Å². The molecule has 1 atom stereocenters. The Morgan fingerprint density at radius 3 is 1.54 bits per heavy atom. The van der Waals surface area contributed by atoms with E-state index < -0.39 is 0 Å². The van der Waals surface area contributed by atoms with Crippen LogP contribution in [0.25, 0.3) is 0 Å². The fourth-order valence-corrected chi connectivity index (χ4v) is 2.73. The first-order valence-corrected chi connectivity index (χ1v) is 10.2. The predicted octanol–water partition coefficient (Wildman–Crippen LogP) is 5.42. The topological polar surface area (TPSA) is 47.9 Å². The van der Waals surface area contributed by atoms with Gasteiger partial charge in [-0.25, -0.2) is 9.78 Å². The average molecular weight is 347 g/mol. The zero-order chi connectivity index (χ0) is 17.7. The maximum atomic E-state index is 8.90. The molecular weight excluding hydrogens is 304 g/mol. The smallest absolute Gasteiger partial charge is 0.111 e. The molecule has 0 spiro atoms. The molecule has 0 unspecified atom stereocenters. The van der Waals surface area contributed by atoms with Gasteiger partial charge in [0.05, 0.1) is 13.2 Å². The standard InChI is InChI=1S/C20H42O4/c1-3-4-5-6-7-8-9-10-11-12-13-14-15-16-17-23-24-19-20(18-21)22-2/h20-21H,3-19H2,1-2H3/t20-/m0/s1. The Morgan fingerprint density at radius 2 is 1.12 bits per heavy atom. The van der Waals surface area contributed by atoms with Gasteiger partial charge in [-0.15, -0.1) is 0 Å². The zero-order valence-electron chi connectivity index (χ0n) is 16.3. The van der Waals surface area contributed by atoms with Crippen molar-refractivity contribution in [2.45, 2.75) is 103 Å². The monoisotopic (exact) mass is 346 g/mol. The molecule has 4 nitrogen and oxygen atoms in total. The van der Waals surface area contributed by atoms with Gasteiger partial charge in [0.15, 0.2) is 0 Å². The summed E-state index contributed by atoms with van der Waals surface area (Å²) in [6.07, 6.45) is 18.7. The number of ether oxygens (including phenoxy) is 1. The van der Waals surface area contributed by atoms with Gasteiger partial charge in [-0.1, -0.05) is 90.4 Å². The van der Waals surface area contributed by atoms with Gasteiger partial charge in [0.2, 0.25) is 0 Å². The van der Waals surface area contributed by atoms with Crippen molar-refractivity contribution in [3.63, 3.8) is 0 Å². The van der Waals surface area contributed by atoms with E-state index in [1.54, 1.807) is 7.11 Å². The molecule has 4 heteroatoms. The lowest BCUT2D eigenvalue weighted by Crippen LogP contribution is -2.22. The third-order valence-corrected chi connectivity index (χ3v) is 4.46. The third-order valence-electron chi connectivity index (χ3n) is 4.46. The number of methoxy groups -OCH3 is 1. The molecule has 0 bridgehead atoms. The maximum Gasteiger partial charge on any atom is 0.111 e. The highest BCUT2D eigenvalue weighted by molar-refractivity contribution is 4.50. The molecule has 0 saturated carbocycles. The summed E-state index contributed by atoms with van der Waals surface area (Å²) in [7, 11) is 1.55. The molecule has 24 heavy (non-hydrogen) atoms. The van der Waals surface area contributed by atoms with Gasteiger partial charge in [-0.2, -0.15) is 0 Å². The predicted molar refractivity (Wildman–Crippen MR) is 100 cm³/mol. The van der Waals surface area contributed by atoms with Crippen LogP contribution in [0.2, 0.25) is 0 Å². The van der Waals surface area contributed by atoms with Crippen molar-refractivity contribution in [2.24, 2.45) is 0 Å². The molecule has 0 fully saturated rings. The first-order chi connectivity index (χ1) is 11.8. The molecule has 0 aliphatic carbocycles. The van der Waals surface area contributed by atoms with Crippen molar-refractivity contribution in [2.75, 3.05) is 26.9 Å². The highest BCUT2D eigenvalue weighted by Crippen LogP contribution is 2.12. The molecule has 146 valence electrons. The van der Waals surface area contributed by atoms with Gasteiger partial charge >= 0.3 is 0 Å². The summed E-state index contributed by atoms with van der Waals surface area (Å²) in [5.74, 6) is 0. The fraction of sp³-hybridized carbons (Fsp3) is 1.00. The molecule has 0 aliphatic rings. The molecule has 0 saturated heterocycles. The van der Waals surface area contributed by atoms with Crippen molar-refractivity contribution >= 4 is 0 Å². The number of aliphatic hydroxyl groups is 1. The molecule has 0 aromatic rings. The molecule has 0 radical (unpaired) electrons. The quantitative estimate of drug-likeness (QED) is 0.182. The number of rotatable bonds is 20. The lowest BCUT2D eigenvalue weighted by molar-refractivity contribution is -0.307. The van der Waals surface area contributed by atoms with E-state index in [4.69, 9.17) is 19.6 Å². The number of aliphatic hydroxyl groups excluding tert-OH is 1. The van der Waals surface area contributed by atoms with E-state index >= 15 is 0 Å². The number of hydrogen-bond donors (Lipinski definition) is 1. The molecule has 1 N–H and O–H groups in total.